The number of H-pyrrole nitrogens is 1. The van der Waals surface area contributed by atoms with Crippen LogP contribution in [-0.2, 0) is 16.2 Å². The maximum absolute atomic E-state index is 12.9. The van der Waals surface area contributed by atoms with Crippen molar-refractivity contribution >= 4 is 28.9 Å². The normalized spacial score (nSPS) is 15.9. The zero-order valence-corrected chi connectivity index (χ0v) is 17.5. The number of nitrogens with one attached hydrogen (secondary N) is 3. The molecular weight excluding hydrogens is 447 g/mol. The SMILES string of the molecule is Cc1[nH]ncc1-c1cc2c(s1)C(=O)NC(CNCc1ccccc1)N2OC(=O)C(F)(F)F. The number of hydroxylamine groups is 1. The van der Waals surface area contributed by atoms with Gasteiger partial charge in [0.1, 0.15) is 10.6 Å². The summed E-state index contributed by atoms with van der Waals surface area (Å²) >= 11 is 1.07. The Bertz CT molecular complexity index is 1130. The fourth-order valence-corrected chi connectivity index (χ4v) is 4.33. The standard InChI is InChI=1S/C20H18F3N5O3S/c1-11-13(9-25-27-11)15-7-14-17(32-15)18(29)26-16(28(14)31-19(30)20(21,22)23)10-24-8-12-5-3-2-4-6-12/h2-7,9,16,24H,8,10H2,1H3,(H,25,27)(H,26,29). The number of aromatic nitrogens is 2. The van der Waals surface area contributed by atoms with Crippen LogP contribution in [0.15, 0.2) is 42.6 Å². The number of rotatable bonds is 6. The number of carbonyl (C=O) groups excluding carboxylic acids is 2. The van der Waals surface area contributed by atoms with Gasteiger partial charge in [0, 0.05) is 29.2 Å². The second-order valence-electron chi connectivity index (χ2n) is 7.04. The van der Waals surface area contributed by atoms with E-state index in [4.69, 9.17) is 4.84 Å². The molecule has 1 amide bonds. The van der Waals surface area contributed by atoms with Crippen LogP contribution in [0.5, 0.6) is 0 Å². The van der Waals surface area contributed by atoms with Crippen LogP contribution in [0.2, 0.25) is 0 Å². The van der Waals surface area contributed by atoms with Gasteiger partial charge in [0.05, 0.1) is 6.20 Å². The predicted octanol–water partition coefficient (Wildman–Crippen LogP) is 3.13. The molecule has 0 fully saturated rings. The number of hydrogen-bond donors (Lipinski definition) is 3. The van der Waals surface area contributed by atoms with Gasteiger partial charge in [0.15, 0.2) is 6.17 Å². The number of carbonyl (C=O) groups is 2. The average molecular weight is 465 g/mol. The van der Waals surface area contributed by atoms with Crippen molar-refractivity contribution in [2.45, 2.75) is 25.8 Å². The molecule has 32 heavy (non-hydrogen) atoms. The molecule has 168 valence electrons. The van der Waals surface area contributed by atoms with Crippen molar-refractivity contribution in [3.8, 4) is 10.4 Å². The van der Waals surface area contributed by atoms with E-state index in [1.54, 1.807) is 13.1 Å². The van der Waals surface area contributed by atoms with Crippen LogP contribution < -0.4 is 15.7 Å². The van der Waals surface area contributed by atoms with Crippen LogP contribution in [0.3, 0.4) is 0 Å². The number of fused-ring (bicyclic) bond motifs is 1. The number of anilines is 1. The number of aryl methyl sites for hydroxylation is 1. The van der Waals surface area contributed by atoms with E-state index in [-0.39, 0.29) is 17.1 Å². The van der Waals surface area contributed by atoms with Crippen LogP contribution in [0.4, 0.5) is 18.9 Å². The third-order valence-corrected chi connectivity index (χ3v) is 5.91. The average Bonchev–Trinajstić information content (AvgIpc) is 3.37. The Labute approximate surface area is 184 Å². The largest absolute Gasteiger partial charge is 0.493 e. The molecule has 0 aliphatic carbocycles. The zero-order valence-electron chi connectivity index (χ0n) is 16.7. The number of aromatic amines is 1. The van der Waals surface area contributed by atoms with Crippen molar-refractivity contribution in [2.75, 3.05) is 11.6 Å². The Hall–Kier alpha value is -3.38. The topological polar surface area (TPSA) is 99.3 Å². The van der Waals surface area contributed by atoms with Gasteiger partial charge in [-0.15, -0.1) is 11.3 Å². The number of nitrogens with zero attached hydrogens (tertiary/aromatic N) is 2. The molecule has 8 nitrogen and oxygen atoms in total. The summed E-state index contributed by atoms with van der Waals surface area (Å²) in [6.45, 7) is 2.21. The minimum absolute atomic E-state index is 0.0289. The molecular formula is C20H18F3N5O3S. The van der Waals surface area contributed by atoms with Gasteiger partial charge in [-0.2, -0.15) is 23.3 Å². The van der Waals surface area contributed by atoms with Gasteiger partial charge in [-0.05, 0) is 18.6 Å². The summed E-state index contributed by atoms with van der Waals surface area (Å²) in [7, 11) is 0. The highest BCUT2D eigenvalue weighted by Crippen LogP contribution is 2.40. The molecule has 0 saturated carbocycles. The van der Waals surface area contributed by atoms with E-state index >= 15 is 0 Å². The monoisotopic (exact) mass is 465 g/mol. The number of hydrogen-bond acceptors (Lipinski definition) is 7. The van der Waals surface area contributed by atoms with Crippen LogP contribution in [0, 0.1) is 6.92 Å². The molecule has 12 heteroatoms. The number of alkyl halides is 3. The minimum atomic E-state index is -5.19. The van der Waals surface area contributed by atoms with Gasteiger partial charge in [-0.1, -0.05) is 30.3 Å². The smallest absolute Gasteiger partial charge is 0.330 e. The predicted molar refractivity (Wildman–Crippen MR) is 111 cm³/mol. The second-order valence-corrected chi connectivity index (χ2v) is 8.09. The first-order valence-electron chi connectivity index (χ1n) is 9.52. The third-order valence-electron chi connectivity index (χ3n) is 4.75. The highest BCUT2D eigenvalue weighted by molar-refractivity contribution is 7.18. The highest BCUT2D eigenvalue weighted by Gasteiger charge is 2.45. The Balaban J connectivity index is 1.62. The zero-order chi connectivity index (χ0) is 22.9. The summed E-state index contributed by atoms with van der Waals surface area (Å²) in [5, 5.41) is 13.2. The number of benzene rings is 1. The van der Waals surface area contributed by atoms with E-state index in [0.717, 1.165) is 27.7 Å². The number of halogens is 3. The fraction of sp³-hybridized carbons (Fsp3) is 0.250. The summed E-state index contributed by atoms with van der Waals surface area (Å²) in [4.78, 5) is 29.7. The number of thiophene rings is 1. The highest BCUT2D eigenvalue weighted by atomic mass is 32.1. The van der Waals surface area contributed by atoms with E-state index in [2.05, 4.69) is 20.8 Å². The van der Waals surface area contributed by atoms with E-state index < -0.39 is 24.2 Å². The lowest BCUT2D eigenvalue weighted by molar-refractivity contribution is -0.202. The van der Waals surface area contributed by atoms with Gasteiger partial charge in [-0.25, -0.2) is 4.79 Å². The molecule has 1 aliphatic heterocycles. The molecule has 3 heterocycles. The molecule has 1 unspecified atom stereocenters. The molecule has 2 aromatic heterocycles. The molecule has 3 aromatic rings. The molecule has 1 aliphatic rings. The van der Waals surface area contributed by atoms with E-state index in [9.17, 15) is 22.8 Å². The molecule has 4 rings (SSSR count). The lowest BCUT2D eigenvalue weighted by Gasteiger charge is -2.35. The summed E-state index contributed by atoms with van der Waals surface area (Å²) in [5.74, 6) is -2.84. The van der Waals surface area contributed by atoms with Gasteiger partial charge in [0.25, 0.3) is 5.91 Å². The summed E-state index contributed by atoms with van der Waals surface area (Å²) in [5.41, 5.74) is 2.45. The summed E-state index contributed by atoms with van der Waals surface area (Å²) in [6, 6.07) is 10.8. The van der Waals surface area contributed by atoms with Gasteiger partial charge in [0.2, 0.25) is 0 Å². The molecule has 0 radical (unpaired) electrons. The fourth-order valence-electron chi connectivity index (χ4n) is 3.22. The molecule has 3 N–H and O–H groups in total. The Morgan fingerprint density at radius 1 is 1.31 bits per heavy atom. The lowest BCUT2D eigenvalue weighted by Crippen LogP contribution is -2.57. The van der Waals surface area contributed by atoms with Gasteiger partial charge < -0.3 is 15.5 Å². The molecule has 1 aromatic carbocycles. The Morgan fingerprint density at radius 2 is 2.06 bits per heavy atom. The first-order valence-corrected chi connectivity index (χ1v) is 10.3. The summed E-state index contributed by atoms with van der Waals surface area (Å²) in [6.07, 6.45) is -4.68. The first kappa shape index (κ1) is 21.8. The van der Waals surface area contributed by atoms with E-state index in [1.807, 2.05) is 30.3 Å². The number of amides is 1. The van der Waals surface area contributed by atoms with Crippen molar-refractivity contribution in [1.82, 2.24) is 20.8 Å². The van der Waals surface area contributed by atoms with Gasteiger partial charge >= 0.3 is 12.1 Å². The van der Waals surface area contributed by atoms with Crippen molar-refractivity contribution in [3.63, 3.8) is 0 Å². The maximum Gasteiger partial charge on any atom is 0.493 e. The first-order chi connectivity index (χ1) is 15.2. The second kappa shape index (κ2) is 8.63. The maximum atomic E-state index is 12.9. The van der Waals surface area contributed by atoms with Crippen LogP contribution >= 0.6 is 11.3 Å². The third kappa shape index (κ3) is 4.46. The van der Waals surface area contributed by atoms with Crippen molar-refractivity contribution in [3.05, 3.63) is 58.7 Å². The van der Waals surface area contributed by atoms with Crippen molar-refractivity contribution < 1.29 is 27.6 Å². The lowest BCUT2D eigenvalue weighted by atomic mass is 10.2. The van der Waals surface area contributed by atoms with Crippen LogP contribution in [0.25, 0.3) is 10.4 Å². The molecule has 0 bridgehead atoms. The molecule has 0 saturated heterocycles. The Kier molecular flexibility index (Phi) is 5.89. The van der Waals surface area contributed by atoms with E-state index in [0.29, 0.717) is 17.0 Å². The molecule has 0 spiro atoms. The van der Waals surface area contributed by atoms with Crippen LogP contribution in [-0.4, -0.2) is 41.0 Å². The van der Waals surface area contributed by atoms with Crippen molar-refractivity contribution in [2.24, 2.45) is 0 Å². The Morgan fingerprint density at radius 3 is 2.72 bits per heavy atom. The van der Waals surface area contributed by atoms with Crippen molar-refractivity contribution in [1.29, 1.82) is 0 Å². The minimum Gasteiger partial charge on any atom is -0.330 e. The van der Waals surface area contributed by atoms with Gasteiger partial charge in [-0.3, -0.25) is 9.89 Å². The quantitative estimate of drug-likeness (QED) is 0.517. The van der Waals surface area contributed by atoms with E-state index in [1.165, 1.54) is 6.07 Å². The molecule has 1 atom stereocenters. The summed E-state index contributed by atoms with van der Waals surface area (Å²) < 4.78 is 38.8. The van der Waals surface area contributed by atoms with Crippen LogP contribution in [0.1, 0.15) is 20.9 Å².